The minimum Gasteiger partial charge on any atom is -0.493 e. The molecule has 31 heavy (non-hydrogen) atoms. The number of rotatable bonds is 6. The number of nitrogens with zero attached hydrogens (tertiary/aromatic N) is 1. The molecule has 1 saturated heterocycles. The molecule has 0 atom stereocenters. The van der Waals surface area contributed by atoms with Gasteiger partial charge in [-0.3, -0.25) is 19.3 Å². The summed E-state index contributed by atoms with van der Waals surface area (Å²) in [6.45, 7) is 1.43. The molecule has 1 heterocycles. The van der Waals surface area contributed by atoms with Gasteiger partial charge in [0.25, 0.3) is 11.1 Å². The highest BCUT2D eigenvalue weighted by Crippen LogP contribution is 2.34. The van der Waals surface area contributed by atoms with Crippen LogP contribution in [0.4, 0.5) is 4.79 Å². The zero-order valence-corrected chi connectivity index (χ0v) is 17.9. The number of ether oxygens (including phenoxy) is 3. The highest BCUT2D eigenvalue weighted by molar-refractivity contribution is 8.18. The van der Waals surface area contributed by atoms with Gasteiger partial charge in [0, 0.05) is 0 Å². The predicted octanol–water partition coefficient (Wildman–Crippen LogP) is 3.43. The summed E-state index contributed by atoms with van der Waals surface area (Å²) in [6, 6.07) is 11.7. The first kappa shape index (κ1) is 22.1. The number of methoxy groups -OCH3 is 2. The molecule has 8 nitrogen and oxygen atoms in total. The number of thioether (sulfide) groups is 1. The molecular formula is C22H19NO7S. The SMILES string of the molecule is COC(=O)CN1C(=O)S/C(=C\c2ccc(OC(=O)c3cccc(C)c3)c(OC)c2)C1=O. The Labute approximate surface area is 182 Å². The average Bonchev–Trinajstić information content (AvgIpc) is 3.01. The summed E-state index contributed by atoms with van der Waals surface area (Å²) in [5.41, 5.74) is 1.89. The fourth-order valence-corrected chi connectivity index (χ4v) is 3.61. The number of hydrogen-bond donors (Lipinski definition) is 0. The number of benzene rings is 2. The molecule has 2 aromatic rings. The van der Waals surface area contributed by atoms with Gasteiger partial charge in [0.05, 0.1) is 24.7 Å². The van der Waals surface area contributed by atoms with Crippen LogP contribution in [-0.4, -0.2) is 48.7 Å². The van der Waals surface area contributed by atoms with E-state index in [1.165, 1.54) is 26.4 Å². The number of carbonyl (C=O) groups is 4. The van der Waals surface area contributed by atoms with Gasteiger partial charge >= 0.3 is 11.9 Å². The summed E-state index contributed by atoms with van der Waals surface area (Å²) in [5, 5.41) is -0.558. The Kier molecular flexibility index (Phi) is 6.76. The van der Waals surface area contributed by atoms with E-state index in [0.29, 0.717) is 11.1 Å². The van der Waals surface area contributed by atoms with Gasteiger partial charge in [-0.25, -0.2) is 4.79 Å². The van der Waals surface area contributed by atoms with Crippen molar-refractivity contribution in [1.82, 2.24) is 4.90 Å². The molecule has 3 rings (SSSR count). The maximum absolute atomic E-state index is 12.4. The molecular weight excluding hydrogens is 422 g/mol. The Morgan fingerprint density at radius 3 is 2.52 bits per heavy atom. The van der Waals surface area contributed by atoms with E-state index in [2.05, 4.69) is 4.74 Å². The van der Waals surface area contributed by atoms with Crippen LogP contribution in [0.5, 0.6) is 11.5 Å². The largest absolute Gasteiger partial charge is 0.493 e. The molecule has 0 spiro atoms. The summed E-state index contributed by atoms with van der Waals surface area (Å²) in [7, 11) is 2.60. The Morgan fingerprint density at radius 2 is 1.84 bits per heavy atom. The molecule has 0 bridgehead atoms. The lowest BCUT2D eigenvalue weighted by molar-refractivity contribution is -0.143. The summed E-state index contributed by atoms with van der Waals surface area (Å²) < 4.78 is 15.3. The number of hydrogen-bond acceptors (Lipinski definition) is 8. The van der Waals surface area contributed by atoms with Crippen molar-refractivity contribution in [3.05, 3.63) is 64.1 Å². The second-order valence-electron chi connectivity index (χ2n) is 6.51. The monoisotopic (exact) mass is 441 g/mol. The molecule has 1 aliphatic rings. The van der Waals surface area contributed by atoms with Crippen molar-refractivity contribution in [1.29, 1.82) is 0 Å². The molecule has 2 amide bonds. The van der Waals surface area contributed by atoms with Crippen molar-refractivity contribution in [3.63, 3.8) is 0 Å². The van der Waals surface area contributed by atoms with E-state index in [9.17, 15) is 19.2 Å². The van der Waals surface area contributed by atoms with Crippen molar-refractivity contribution in [2.24, 2.45) is 0 Å². The second kappa shape index (κ2) is 9.48. The molecule has 2 aromatic carbocycles. The molecule has 1 fully saturated rings. The summed E-state index contributed by atoms with van der Waals surface area (Å²) in [5.74, 6) is -1.31. The number of aryl methyl sites for hydroxylation is 1. The Balaban J connectivity index is 1.80. The standard InChI is InChI=1S/C22H19NO7S/c1-13-5-4-6-15(9-13)21(26)30-16-8-7-14(10-17(16)28-2)11-18-20(25)23(22(27)31-18)12-19(24)29-3/h4-11H,12H2,1-3H3/b18-11-. The van der Waals surface area contributed by atoms with Crippen LogP contribution in [0.2, 0.25) is 0 Å². The number of amides is 2. The summed E-state index contributed by atoms with van der Waals surface area (Å²) in [4.78, 5) is 49.2. The smallest absolute Gasteiger partial charge is 0.343 e. The van der Waals surface area contributed by atoms with E-state index in [1.54, 1.807) is 30.3 Å². The third-order valence-corrected chi connectivity index (χ3v) is 5.24. The molecule has 160 valence electrons. The van der Waals surface area contributed by atoms with Gasteiger partial charge in [0.1, 0.15) is 6.54 Å². The highest BCUT2D eigenvalue weighted by atomic mass is 32.2. The minimum atomic E-state index is -0.690. The van der Waals surface area contributed by atoms with E-state index < -0.39 is 29.6 Å². The highest BCUT2D eigenvalue weighted by Gasteiger charge is 2.36. The van der Waals surface area contributed by atoms with Crippen molar-refractivity contribution >= 4 is 40.9 Å². The number of carbonyl (C=O) groups excluding carboxylic acids is 4. The average molecular weight is 441 g/mol. The Morgan fingerprint density at radius 1 is 1.06 bits per heavy atom. The van der Waals surface area contributed by atoms with E-state index in [4.69, 9.17) is 9.47 Å². The van der Waals surface area contributed by atoms with Crippen molar-refractivity contribution in [2.75, 3.05) is 20.8 Å². The molecule has 0 radical (unpaired) electrons. The number of esters is 2. The molecule has 0 aromatic heterocycles. The minimum absolute atomic E-state index is 0.153. The van der Waals surface area contributed by atoms with E-state index >= 15 is 0 Å². The van der Waals surface area contributed by atoms with Crippen LogP contribution >= 0.6 is 11.8 Å². The lowest BCUT2D eigenvalue weighted by atomic mass is 10.1. The predicted molar refractivity (Wildman–Crippen MR) is 114 cm³/mol. The van der Waals surface area contributed by atoms with Crippen LogP contribution in [-0.2, 0) is 14.3 Å². The fourth-order valence-electron chi connectivity index (χ4n) is 2.77. The van der Waals surface area contributed by atoms with Crippen LogP contribution < -0.4 is 9.47 Å². The van der Waals surface area contributed by atoms with Gasteiger partial charge in [-0.05, 0) is 54.6 Å². The van der Waals surface area contributed by atoms with Gasteiger partial charge in [0.15, 0.2) is 11.5 Å². The summed E-state index contributed by atoms with van der Waals surface area (Å²) in [6.07, 6.45) is 1.50. The van der Waals surface area contributed by atoms with E-state index in [0.717, 1.165) is 22.2 Å². The topological polar surface area (TPSA) is 99.2 Å². The van der Waals surface area contributed by atoms with Gasteiger partial charge in [-0.15, -0.1) is 0 Å². The molecule has 0 aliphatic carbocycles. The lowest BCUT2D eigenvalue weighted by Crippen LogP contribution is -2.34. The van der Waals surface area contributed by atoms with Gasteiger partial charge < -0.3 is 14.2 Å². The zero-order valence-electron chi connectivity index (χ0n) is 17.0. The molecule has 1 aliphatic heterocycles. The molecule has 0 N–H and O–H groups in total. The van der Waals surface area contributed by atoms with Gasteiger partial charge in [-0.1, -0.05) is 23.8 Å². The van der Waals surface area contributed by atoms with Crippen LogP contribution in [0.25, 0.3) is 6.08 Å². The quantitative estimate of drug-likeness (QED) is 0.382. The Bertz CT molecular complexity index is 1090. The maximum atomic E-state index is 12.4. The zero-order chi connectivity index (χ0) is 22.5. The van der Waals surface area contributed by atoms with Crippen molar-refractivity contribution in [2.45, 2.75) is 6.92 Å². The van der Waals surface area contributed by atoms with E-state index in [-0.39, 0.29) is 16.4 Å². The Hall–Kier alpha value is -3.59. The normalized spacial score (nSPS) is 14.7. The number of imide groups is 1. The van der Waals surface area contributed by atoms with Crippen molar-refractivity contribution in [3.8, 4) is 11.5 Å². The van der Waals surface area contributed by atoms with Crippen LogP contribution in [0.15, 0.2) is 47.4 Å². The molecule has 0 unspecified atom stereocenters. The van der Waals surface area contributed by atoms with E-state index in [1.807, 2.05) is 13.0 Å². The first-order chi connectivity index (χ1) is 14.8. The summed E-state index contributed by atoms with van der Waals surface area (Å²) >= 11 is 0.721. The first-order valence-electron chi connectivity index (χ1n) is 9.11. The second-order valence-corrected chi connectivity index (χ2v) is 7.51. The molecule has 9 heteroatoms. The fraction of sp³-hybridized carbons (Fsp3) is 0.182. The third kappa shape index (κ3) is 5.13. The van der Waals surface area contributed by atoms with Gasteiger partial charge in [-0.2, -0.15) is 0 Å². The first-order valence-corrected chi connectivity index (χ1v) is 9.93. The van der Waals surface area contributed by atoms with Gasteiger partial charge in [0.2, 0.25) is 0 Å². The van der Waals surface area contributed by atoms with Crippen molar-refractivity contribution < 1.29 is 33.4 Å². The maximum Gasteiger partial charge on any atom is 0.343 e. The molecule has 0 saturated carbocycles. The van der Waals surface area contributed by atoms with Crippen LogP contribution in [0, 0.1) is 6.92 Å². The lowest BCUT2D eigenvalue weighted by Gasteiger charge is -2.11. The van der Waals surface area contributed by atoms with Crippen LogP contribution in [0.3, 0.4) is 0 Å². The third-order valence-electron chi connectivity index (χ3n) is 4.33. The van der Waals surface area contributed by atoms with Crippen LogP contribution in [0.1, 0.15) is 21.5 Å².